The molecule has 1 aliphatic heterocycles. The van der Waals surface area contributed by atoms with Gasteiger partial charge in [0.05, 0.1) is 11.8 Å². The van der Waals surface area contributed by atoms with Gasteiger partial charge in [-0.15, -0.1) is 10.2 Å². The Kier molecular flexibility index (Phi) is 3.71. The number of allylic oxidation sites excluding steroid dienone is 2. The lowest BCUT2D eigenvalue weighted by molar-refractivity contribution is -0.140. The van der Waals surface area contributed by atoms with Crippen LogP contribution in [0.1, 0.15) is 24.8 Å². The molecule has 1 saturated carbocycles. The highest BCUT2D eigenvalue weighted by Crippen LogP contribution is 2.52. The van der Waals surface area contributed by atoms with Gasteiger partial charge in [0, 0.05) is 13.0 Å². The largest absolute Gasteiger partial charge is 0.300 e. The van der Waals surface area contributed by atoms with E-state index in [2.05, 4.69) is 27.7 Å². The molecule has 24 heavy (non-hydrogen) atoms. The molecule has 1 N–H and O–H groups in total. The molecule has 0 spiro atoms. The number of aromatic nitrogens is 2. The fourth-order valence-electron chi connectivity index (χ4n) is 4.03. The number of nitrogens with one attached hydrogen (secondary N) is 1. The lowest BCUT2D eigenvalue weighted by Crippen LogP contribution is -2.35. The second kappa shape index (κ2) is 5.77. The lowest BCUT2D eigenvalue weighted by Gasteiger charge is -2.16. The fourth-order valence-corrected chi connectivity index (χ4v) is 4.72. The van der Waals surface area contributed by atoms with Crippen molar-refractivity contribution in [3.8, 4) is 0 Å². The summed E-state index contributed by atoms with van der Waals surface area (Å²) in [5, 5.41) is 11.8. The first-order chi connectivity index (χ1) is 11.6. The van der Waals surface area contributed by atoms with Crippen molar-refractivity contribution in [3.63, 3.8) is 0 Å². The standard InChI is InChI=1S/C16H18N4O3S/c1-2-11-18-19-16(24-11)17-10(21)5-6-20-14(22)12-8-3-4-9(7-8)13(12)15(20)23/h3-4,8-9,12-13H,2,5-7H2,1H3,(H,17,19,21)/t8-,9-,12-,13-/m0/s1. The number of hydrogen-bond donors (Lipinski definition) is 1. The number of imide groups is 1. The van der Waals surface area contributed by atoms with Gasteiger partial charge in [-0.3, -0.25) is 19.3 Å². The van der Waals surface area contributed by atoms with E-state index in [1.54, 1.807) is 0 Å². The molecule has 126 valence electrons. The molecule has 1 aromatic heterocycles. The van der Waals surface area contributed by atoms with Gasteiger partial charge in [-0.1, -0.05) is 30.4 Å². The van der Waals surface area contributed by atoms with E-state index in [-0.39, 0.29) is 54.4 Å². The number of anilines is 1. The lowest BCUT2D eigenvalue weighted by atomic mass is 9.85. The molecule has 0 unspecified atom stereocenters. The summed E-state index contributed by atoms with van der Waals surface area (Å²) in [4.78, 5) is 38.3. The van der Waals surface area contributed by atoms with E-state index in [1.165, 1.54) is 16.2 Å². The van der Waals surface area contributed by atoms with Crippen LogP contribution in [0.25, 0.3) is 0 Å². The van der Waals surface area contributed by atoms with E-state index in [9.17, 15) is 14.4 Å². The molecule has 3 aliphatic rings. The van der Waals surface area contributed by atoms with Crippen molar-refractivity contribution in [2.75, 3.05) is 11.9 Å². The molecule has 2 bridgehead atoms. The third kappa shape index (κ3) is 2.36. The second-order valence-corrected chi connectivity index (χ2v) is 7.54. The summed E-state index contributed by atoms with van der Waals surface area (Å²) in [5.41, 5.74) is 0. The zero-order valence-corrected chi connectivity index (χ0v) is 14.1. The molecular formula is C16H18N4O3S. The van der Waals surface area contributed by atoms with Crippen molar-refractivity contribution in [3.05, 3.63) is 17.2 Å². The molecule has 1 saturated heterocycles. The Hall–Kier alpha value is -2.09. The molecule has 4 atom stereocenters. The molecular weight excluding hydrogens is 328 g/mol. The Morgan fingerprint density at radius 2 is 1.92 bits per heavy atom. The van der Waals surface area contributed by atoms with Crippen LogP contribution in [-0.4, -0.2) is 39.4 Å². The molecule has 3 amide bonds. The monoisotopic (exact) mass is 346 g/mol. The van der Waals surface area contributed by atoms with E-state index < -0.39 is 0 Å². The number of aryl methyl sites for hydroxylation is 1. The number of hydrogen-bond acceptors (Lipinski definition) is 6. The minimum Gasteiger partial charge on any atom is -0.300 e. The van der Waals surface area contributed by atoms with Gasteiger partial charge in [0.25, 0.3) is 0 Å². The Balaban J connectivity index is 1.35. The van der Waals surface area contributed by atoms with Crippen molar-refractivity contribution in [2.45, 2.75) is 26.2 Å². The number of nitrogens with zero attached hydrogens (tertiary/aromatic N) is 3. The number of amides is 3. The van der Waals surface area contributed by atoms with Crippen LogP contribution in [0.3, 0.4) is 0 Å². The number of likely N-dealkylation sites (tertiary alicyclic amines) is 1. The van der Waals surface area contributed by atoms with Crippen molar-refractivity contribution < 1.29 is 14.4 Å². The summed E-state index contributed by atoms with van der Waals surface area (Å²) in [6.07, 6.45) is 5.89. The topological polar surface area (TPSA) is 92.3 Å². The highest BCUT2D eigenvalue weighted by Gasteiger charge is 2.58. The van der Waals surface area contributed by atoms with E-state index in [0.717, 1.165) is 17.8 Å². The normalized spacial score (nSPS) is 30.3. The molecule has 0 aromatic carbocycles. The van der Waals surface area contributed by atoms with Crippen molar-refractivity contribution in [1.82, 2.24) is 15.1 Å². The van der Waals surface area contributed by atoms with E-state index in [0.29, 0.717) is 5.13 Å². The van der Waals surface area contributed by atoms with Gasteiger partial charge in [-0.25, -0.2) is 0 Å². The summed E-state index contributed by atoms with van der Waals surface area (Å²) >= 11 is 1.33. The first-order valence-corrected chi connectivity index (χ1v) is 9.06. The predicted octanol–water partition coefficient (Wildman–Crippen LogP) is 1.24. The van der Waals surface area contributed by atoms with Gasteiger partial charge < -0.3 is 5.32 Å². The van der Waals surface area contributed by atoms with Crippen LogP contribution in [0.15, 0.2) is 12.2 Å². The Bertz CT molecular complexity index is 713. The maximum absolute atomic E-state index is 12.5. The van der Waals surface area contributed by atoms with Crippen molar-refractivity contribution in [1.29, 1.82) is 0 Å². The van der Waals surface area contributed by atoms with Gasteiger partial charge in [0.1, 0.15) is 5.01 Å². The number of fused-ring (bicyclic) bond motifs is 5. The maximum atomic E-state index is 12.5. The first kappa shape index (κ1) is 15.4. The Labute approximate surface area is 143 Å². The summed E-state index contributed by atoms with van der Waals surface area (Å²) in [5.74, 6) is -0.491. The fraction of sp³-hybridized carbons (Fsp3) is 0.562. The highest BCUT2D eigenvalue weighted by molar-refractivity contribution is 7.15. The summed E-state index contributed by atoms with van der Waals surface area (Å²) in [7, 11) is 0. The summed E-state index contributed by atoms with van der Waals surface area (Å²) in [6, 6.07) is 0. The Morgan fingerprint density at radius 1 is 1.25 bits per heavy atom. The number of rotatable bonds is 5. The summed E-state index contributed by atoms with van der Waals surface area (Å²) in [6.45, 7) is 2.10. The smallest absolute Gasteiger partial charge is 0.233 e. The van der Waals surface area contributed by atoms with Gasteiger partial charge in [0.2, 0.25) is 22.9 Å². The van der Waals surface area contributed by atoms with Gasteiger partial charge >= 0.3 is 0 Å². The average Bonchev–Trinajstić information content (AvgIpc) is 3.31. The van der Waals surface area contributed by atoms with Crippen LogP contribution < -0.4 is 5.32 Å². The van der Waals surface area contributed by atoms with Crippen LogP contribution in [0, 0.1) is 23.7 Å². The molecule has 4 rings (SSSR count). The predicted molar refractivity (Wildman–Crippen MR) is 87.0 cm³/mol. The molecule has 8 heteroatoms. The Morgan fingerprint density at radius 3 is 2.50 bits per heavy atom. The van der Waals surface area contributed by atoms with E-state index in [4.69, 9.17) is 0 Å². The van der Waals surface area contributed by atoms with Crippen LogP contribution in [0.2, 0.25) is 0 Å². The quantitative estimate of drug-likeness (QED) is 0.640. The SMILES string of the molecule is CCc1nnc(NC(=O)CCN2C(=O)[C@@H]3[C@@H](C2=O)[C@H]2C=C[C@H]3C2)s1. The maximum Gasteiger partial charge on any atom is 0.233 e. The molecule has 1 aromatic rings. The molecule has 2 fully saturated rings. The zero-order valence-electron chi connectivity index (χ0n) is 13.3. The number of carbonyl (C=O) groups excluding carboxylic acids is 3. The summed E-state index contributed by atoms with van der Waals surface area (Å²) < 4.78 is 0. The minimum atomic E-state index is -0.257. The van der Waals surface area contributed by atoms with Gasteiger partial charge in [-0.05, 0) is 24.7 Å². The van der Waals surface area contributed by atoms with Gasteiger partial charge in [0.15, 0.2) is 0 Å². The van der Waals surface area contributed by atoms with Gasteiger partial charge in [-0.2, -0.15) is 0 Å². The van der Waals surface area contributed by atoms with Crippen LogP contribution in [-0.2, 0) is 20.8 Å². The van der Waals surface area contributed by atoms with E-state index >= 15 is 0 Å². The second-order valence-electron chi connectivity index (χ2n) is 6.48. The zero-order chi connectivity index (χ0) is 16.8. The van der Waals surface area contributed by atoms with Crippen molar-refractivity contribution in [2.24, 2.45) is 23.7 Å². The van der Waals surface area contributed by atoms with Crippen LogP contribution in [0.5, 0.6) is 0 Å². The average molecular weight is 346 g/mol. The molecule has 2 aliphatic carbocycles. The molecule has 2 heterocycles. The number of carbonyl (C=O) groups is 3. The van der Waals surface area contributed by atoms with E-state index in [1.807, 2.05) is 6.92 Å². The third-order valence-electron chi connectivity index (χ3n) is 5.14. The highest BCUT2D eigenvalue weighted by atomic mass is 32.1. The molecule has 7 nitrogen and oxygen atoms in total. The third-order valence-corrected chi connectivity index (χ3v) is 6.12. The van der Waals surface area contributed by atoms with Crippen LogP contribution in [0.4, 0.5) is 5.13 Å². The van der Waals surface area contributed by atoms with Crippen molar-refractivity contribution >= 4 is 34.2 Å². The molecule has 0 radical (unpaired) electrons. The van der Waals surface area contributed by atoms with Crippen LogP contribution >= 0.6 is 11.3 Å². The minimum absolute atomic E-state index is 0.0840. The first-order valence-electron chi connectivity index (χ1n) is 8.24.